The molecule has 3 aromatic heterocycles. The molecule has 0 radical (unpaired) electrons. The van der Waals surface area contributed by atoms with Crippen molar-refractivity contribution in [3.05, 3.63) is 167 Å². The number of hydrogen-bond acceptors (Lipinski definition) is 11. The number of benzene rings is 4. The fraction of sp³-hybridized carbons (Fsp3) is 0.156. The van der Waals surface area contributed by atoms with Crippen molar-refractivity contribution in [3.63, 3.8) is 0 Å². The Hall–Kier alpha value is -4.23. The summed E-state index contributed by atoms with van der Waals surface area (Å²) < 4.78 is 251. The summed E-state index contributed by atoms with van der Waals surface area (Å²) in [4.78, 5) is 13.4. The number of nitrogens with zero attached hydrogens (tertiary/aromatic N) is 1. The van der Waals surface area contributed by atoms with E-state index in [-0.39, 0.29) is 60.6 Å². The van der Waals surface area contributed by atoms with Gasteiger partial charge in [0.2, 0.25) is 5.00 Å². The molecule has 3 heterocycles. The zero-order chi connectivity index (χ0) is 66.1. The first-order valence-electron chi connectivity index (χ1n) is 20.4. The molecule has 41 heteroatoms. The van der Waals surface area contributed by atoms with E-state index in [9.17, 15) is 88.2 Å². The van der Waals surface area contributed by atoms with Gasteiger partial charge in [0.1, 0.15) is 16.4 Å². The Morgan fingerprint density at radius 3 is 1.31 bits per heavy atom. The first kappa shape index (κ1) is 79.8. The highest BCUT2D eigenvalue weighted by molar-refractivity contribution is 9.13. The molecular formula is C45H21Br5Cl4F19NO9S3. The lowest BCUT2D eigenvalue weighted by molar-refractivity contribution is -0.276. The van der Waals surface area contributed by atoms with Crippen molar-refractivity contribution in [1.82, 2.24) is 0 Å². The van der Waals surface area contributed by atoms with E-state index in [1.165, 1.54) is 60.7 Å². The lowest BCUT2D eigenvalue weighted by Crippen LogP contribution is -2.17. The van der Waals surface area contributed by atoms with Gasteiger partial charge in [0, 0.05) is 14.9 Å². The second kappa shape index (κ2) is 37.7. The van der Waals surface area contributed by atoms with E-state index in [0.29, 0.717) is 25.3 Å². The Balaban J connectivity index is 0.000000502. The first-order valence-corrected chi connectivity index (χ1v) is 28.4. The van der Waals surface area contributed by atoms with Crippen LogP contribution in [0.3, 0.4) is 0 Å². The zero-order valence-electron chi connectivity index (χ0n) is 40.0. The number of aromatic carboxylic acids is 1. The van der Waals surface area contributed by atoms with Gasteiger partial charge in [0.25, 0.3) is 0 Å². The molecule has 0 atom stereocenters. The third-order valence-electron chi connectivity index (χ3n) is 7.23. The monoisotopic (exact) mass is 1710 g/mol. The molecule has 0 aliphatic heterocycles. The Morgan fingerprint density at radius 1 is 0.512 bits per heavy atom. The minimum absolute atomic E-state index is 0.0380. The minimum atomic E-state index is -4.85. The predicted molar refractivity (Wildman–Crippen MR) is 297 cm³/mol. The number of halogens is 28. The van der Waals surface area contributed by atoms with Crippen LogP contribution in [0.5, 0.6) is 38.2 Å². The van der Waals surface area contributed by atoms with Crippen LogP contribution in [-0.2, 0) is 0 Å². The molecule has 0 bridgehead atoms. The summed E-state index contributed by atoms with van der Waals surface area (Å²) in [5, 5.41) is 10.1. The van der Waals surface area contributed by atoms with Gasteiger partial charge in [0.05, 0.1) is 39.5 Å². The second-order valence-electron chi connectivity index (χ2n) is 13.4. The zero-order valence-corrected chi connectivity index (χ0v) is 53.4. The fourth-order valence-electron chi connectivity index (χ4n) is 4.34. The van der Waals surface area contributed by atoms with Gasteiger partial charge in [-0.15, -0.1) is 75.4 Å². The van der Waals surface area contributed by atoms with Crippen LogP contribution in [0.25, 0.3) is 4.85 Å². The van der Waals surface area contributed by atoms with Crippen LogP contribution in [0.1, 0.15) is 9.67 Å². The van der Waals surface area contributed by atoms with E-state index in [1.807, 2.05) is 0 Å². The largest absolute Gasteiger partial charge is 0.573 e. The normalized spacial score (nSPS) is 11.0. The average molecular weight is 1720 g/mol. The topological polar surface area (TPSA) is 106 Å². The third-order valence-corrected chi connectivity index (χ3v) is 16.0. The summed E-state index contributed by atoms with van der Waals surface area (Å²) in [6.07, 6.45) is -19.0. The maximum absolute atomic E-state index is 12.5. The summed E-state index contributed by atoms with van der Waals surface area (Å²) in [6.45, 7) is -1.96. The van der Waals surface area contributed by atoms with E-state index in [2.05, 4.69) is 118 Å². The number of hydrogen-bond donors (Lipinski definition) is 1. The number of carbonyl (C=O) groups is 1. The molecule has 7 aromatic rings. The summed E-state index contributed by atoms with van der Waals surface area (Å²) in [7, 11) is 0. The number of carboxylic acid groups (broad SMARTS) is 1. The molecule has 0 unspecified atom stereocenters. The van der Waals surface area contributed by atoms with Gasteiger partial charge < -0.3 is 38.3 Å². The van der Waals surface area contributed by atoms with E-state index in [1.54, 1.807) is 11.4 Å². The Morgan fingerprint density at radius 2 is 0.919 bits per heavy atom. The van der Waals surface area contributed by atoms with Gasteiger partial charge in [-0.1, -0.05) is 94.1 Å². The van der Waals surface area contributed by atoms with E-state index in [0.717, 1.165) is 57.5 Å². The van der Waals surface area contributed by atoms with Crippen LogP contribution in [0.4, 0.5) is 88.4 Å². The third kappa shape index (κ3) is 34.5. The molecule has 86 heavy (non-hydrogen) atoms. The van der Waals surface area contributed by atoms with E-state index >= 15 is 0 Å². The van der Waals surface area contributed by atoms with Crippen molar-refractivity contribution in [2.45, 2.75) is 45.3 Å². The van der Waals surface area contributed by atoms with E-state index < -0.39 is 68.6 Å². The summed E-state index contributed by atoms with van der Waals surface area (Å²) in [6, 6.07) is 20.4. The smallest absolute Gasteiger partial charge is 0.477 e. The first-order chi connectivity index (χ1) is 39.5. The van der Waals surface area contributed by atoms with Crippen LogP contribution in [-0.4, -0.2) is 56.4 Å². The van der Waals surface area contributed by atoms with Gasteiger partial charge in [-0.3, -0.25) is 0 Å². The highest BCUT2D eigenvalue weighted by Gasteiger charge is 2.35. The molecule has 0 spiro atoms. The molecular weight excluding hydrogens is 1700 g/mol. The molecule has 0 aliphatic carbocycles. The van der Waals surface area contributed by atoms with Crippen molar-refractivity contribution >= 4 is 171 Å². The van der Waals surface area contributed by atoms with Gasteiger partial charge >= 0.3 is 51.3 Å². The molecule has 4 aromatic carbocycles. The number of ether oxygens (including phenoxy) is 7. The van der Waals surface area contributed by atoms with Crippen molar-refractivity contribution in [1.29, 1.82) is 0 Å². The van der Waals surface area contributed by atoms with Crippen LogP contribution >= 0.6 is 160 Å². The van der Waals surface area contributed by atoms with Crippen molar-refractivity contribution < 1.29 is 126 Å². The minimum Gasteiger partial charge on any atom is -0.477 e. The molecule has 474 valence electrons. The van der Waals surface area contributed by atoms with Gasteiger partial charge in [-0.2, -0.15) is 26.3 Å². The van der Waals surface area contributed by atoms with Crippen LogP contribution in [0, 0.1) is 12.4 Å². The number of carboxylic acids is 1. The molecule has 0 saturated heterocycles. The van der Waals surface area contributed by atoms with E-state index in [4.69, 9.17) is 58.1 Å². The quantitative estimate of drug-likeness (QED) is 0.100. The molecule has 0 saturated carbocycles. The van der Waals surface area contributed by atoms with Gasteiger partial charge in [-0.25, -0.2) is 14.0 Å². The highest BCUT2D eigenvalue weighted by Crippen LogP contribution is 2.43. The highest BCUT2D eigenvalue weighted by atomic mass is 79.9. The summed E-state index contributed by atoms with van der Waals surface area (Å²) >= 11 is 39.5. The Kier molecular flexibility index (Phi) is 35.0. The number of alkyl halides is 18. The molecule has 0 fully saturated rings. The van der Waals surface area contributed by atoms with Crippen LogP contribution in [0.15, 0.2) is 125 Å². The van der Waals surface area contributed by atoms with Crippen LogP contribution in [0.2, 0.25) is 20.1 Å². The maximum Gasteiger partial charge on any atom is 0.573 e. The van der Waals surface area contributed by atoms with Crippen LogP contribution < -0.4 is 33.2 Å². The predicted octanol–water partition coefficient (Wildman–Crippen LogP) is 24.2. The number of para-hydroxylation sites is 3. The lowest BCUT2D eigenvalue weighted by Gasteiger charge is -2.11. The summed E-state index contributed by atoms with van der Waals surface area (Å²) in [5.74, 6) is -4.28. The van der Waals surface area contributed by atoms with Crippen molar-refractivity contribution in [2.75, 3.05) is 0 Å². The average Bonchev–Trinajstić information content (AvgIpc) is 4.05. The lowest BCUT2D eigenvalue weighted by atomic mass is 10.3. The molecule has 7 rings (SSSR count). The molecule has 0 amide bonds. The Bertz CT molecular complexity index is 3100. The SMILES string of the molecule is FC(F)(F)Oc1c(Cl)cc(Cl)cc1Cl.FC(F)(F)Oc1ccccc1Br.FC(F)(F)Oc1ccccc1Cl.FC(F)Oc1scc(Br)c1Br.Fc1ccccc1OC(F)(F)F.O=C(O)c1cc(Br)c(OC(F)F)s1.[C-]#[N+]c1cc(Br)c(OC(F)F)s1. The van der Waals surface area contributed by atoms with Gasteiger partial charge in [-0.05, 0) is 140 Å². The standard InChI is InChI=1S/C7H4BrF3O.C7H2Cl3F3O.C7H4ClF3O.C7H4F4O.C6H2BrF2NOS.C6H3BrF2O3S.C5H2Br2F2OS/c8-5-3-1-2-4-6(5)12-7(9,10)11;8-3-1-4(9)6(5(10)2-3)14-7(11,12)13;2*8-5-3-1-2-4-6(5)12-7(9,10)11;1-10-4-2-3(7)5(12-4)11-6(8)9;7-2-1-3(4(10)11)13-5(2)12-6(8)9;6-2-1-11-4(3(2)7)10-5(8)9/h1-4H;1-2H;2*1-4H;2,6H;1,6H,(H,10,11);1,5H. The number of thiophene rings is 3. The number of rotatable bonds is 11. The second-order valence-corrected chi connectivity index (χ2v) is 22.1. The summed E-state index contributed by atoms with van der Waals surface area (Å²) in [5.41, 5.74) is 0. The molecule has 10 nitrogen and oxygen atoms in total. The molecule has 0 aliphatic rings. The van der Waals surface area contributed by atoms with Gasteiger partial charge in [0.15, 0.2) is 32.5 Å². The molecule has 1 N–H and O–H groups in total. The van der Waals surface area contributed by atoms with Crippen molar-refractivity contribution in [3.8, 4) is 38.2 Å². The fourth-order valence-corrected chi connectivity index (χ4v) is 10.5. The van der Waals surface area contributed by atoms with Crippen molar-refractivity contribution in [2.24, 2.45) is 0 Å². The Labute approximate surface area is 543 Å². The maximum atomic E-state index is 12.5.